The lowest BCUT2D eigenvalue weighted by atomic mass is 10.1. The lowest BCUT2D eigenvalue weighted by Crippen LogP contribution is -2.35. The standard InChI is InChI=1S/C14H17ClF3NO2/c1-8(12(20)21-13(2,3)4)19-11-6-5-9(15)7-10(11)14(16,17)18/h5-8,19H,1-4H3. The normalized spacial score (nSPS) is 13.7. The summed E-state index contributed by atoms with van der Waals surface area (Å²) in [5.74, 6) is -0.634. The summed E-state index contributed by atoms with van der Waals surface area (Å²) in [4.78, 5) is 11.8. The summed E-state index contributed by atoms with van der Waals surface area (Å²) in [5, 5.41) is 2.48. The van der Waals surface area contributed by atoms with E-state index in [1.54, 1.807) is 20.8 Å². The van der Waals surface area contributed by atoms with E-state index in [0.717, 1.165) is 6.07 Å². The fourth-order valence-electron chi connectivity index (χ4n) is 1.56. The van der Waals surface area contributed by atoms with Gasteiger partial charge in [-0.25, -0.2) is 4.79 Å². The molecule has 1 aromatic rings. The number of halogens is 4. The Morgan fingerprint density at radius 3 is 2.33 bits per heavy atom. The highest BCUT2D eigenvalue weighted by atomic mass is 35.5. The Balaban J connectivity index is 2.95. The first-order chi connectivity index (χ1) is 9.40. The average Bonchev–Trinajstić information content (AvgIpc) is 2.27. The highest BCUT2D eigenvalue weighted by Gasteiger charge is 2.34. The molecule has 0 heterocycles. The van der Waals surface area contributed by atoms with Crippen LogP contribution in [0.25, 0.3) is 0 Å². The van der Waals surface area contributed by atoms with Gasteiger partial charge in [0.25, 0.3) is 0 Å². The van der Waals surface area contributed by atoms with Crippen molar-refractivity contribution in [3.63, 3.8) is 0 Å². The monoisotopic (exact) mass is 323 g/mol. The maximum Gasteiger partial charge on any atom is 0.418 e. The minimum absolute atomic E-state index is 0.0298. The summed E-state index contributed by atoms with van der Waals surface area (Å²) in [5.41, 5.74) is -1.85. The average molecular weight is 324 g/mol. The van der Waals surface area contributed by atoms with Crippen molar-refractivity contribution in [3.8, 4) is 0 Å². The minimum atomic E-state index is -4.57. The molecular formula is C14H17ClF3NO2. The topological polar surface area (TPSA) is 38.3 Å². The van der Waals surface area contributed by atoms with Gasteiger partial charge in [-0.15, -0.1) is 0 Å². The van der Waals surface area contributed by atoms with Crippen LogP contribution < -0.4 is 5.32 Å². The van der Waals surface area contributed by atoms with Crippen molar-refractivity contribution < 1.29 is 22.7 Å². The molecule has 0 radical (unpaired) electrons. The second-order valence-electron chi connectivity index (χ2n) is 5.59. The first kappa shape index (κ1) is 17.6. The van der Waals surface area contributed by atoms with Crippen LogP contribution in [-0.2, 0) is 15.7 Å². The van der Waals surface area contributed by atoms with E-state index in [1.807, 2.05) is 0 Å². The molecule has 0 aromatic heterocycles. The van der Waals surface area contributed by atoms with Crippen LogP contribution in [0.15, 0.2) is 18.2 Å². The number of anilines is 1. The Morgan fingerprint density at radius 1 is 1.29 bits per heavy atom. The third-order valence-corrected chi connectivity index (χ3v) is 2.65. The van der Waals surface area contributed by atoms with Crippen LogP contribution in [0.2, 0.25) is 5.02 Å². The molecule has 0 aliphatic carbocycles. The molecule has 0 aliphatic rings. The van der Waals surface area contributed by atoms with Gasteiger partial charge < -0.3 is 10.1 Å². The zero-order valence-electron chi connectivity index (χ0n) is 12.1. The zero-order valence-corrected chi connectivity index (χ0v) is 12.9. The number of nitrogens with one attached hydrogen (secondary N) is 1. The van der Waals surface area contributed by atoms with Crippen molar-refractivity contribution in [2.24, 2.45) is 0 Å². The van der Waals surface area contributed by atoms with Gasteiger partial charge in [0.05, 0.1) is 5.56 Å². The fraction of sp³-hybridized carbons (Fsp3) is 0.500. The largest absolute Gasteiger partial charge is 0.458 e. The number of alkyl halides is 3. The highest BCUT2D eigenvalue weighted by Crippen LogP contribution is 2.36. The van der Waals surface area contributed by atoms with E-state index < -0.39 is 29.4 Å². The van der Waals surface area contributed by atoms with Gasteiger partial charge in [-0.1, -0.05) is 11.6 Å². The smallest absolute Gasteiger partial charge is 0.418 e. The molecule has 0 bridgehead atoms. The van der Waals surface area contributed by atoms with E-state index >= 15 is 0 Å². The van der Waals surface area contributed by atoms with Crippen molar-refractivity contribution >= 4 is 23.3 Å². The Kier molecular flexibility index (Phi) is 5.15. The van der Waals surface area contributed by atoms with Crippen molar-refractivity contribution in [2.75, 3.05) is 5.32 Å². The van der Waals surface area contributed by atoms with Gasteiger partial charge >= 0.3 is 12.1 Å². The summed E-state index contributed by atoms with van der Waals surface area (Å²) in [6.45, 7) is 6.48. The van der Waals surface area contributed by atoms with E-state index in [4.69, 9.17) is 16.3 Å². The molecular weight excluding hydrogens is 307 g/mol. The van der Waals surface area contributed by atoms with Gasteiger partial charge in [0.1, 0.15) is 11.6 Å². The molecule has 1 rings (SSSR count). The van der Waals surface area contributed by atoms with Crippen LogP contribution >= 0.6 is 11.6 Å². The Bertz CT molecular complexity index is 524. The highest BCUT2D eigenvalue weighted by molar-refractivity contribution is 6.30. The lowest BCUT2D eigenvalue weighted by molar-refractivity contribution is -0.155. The van der Waals surface area contributed by atoms with Crippen LogP contribution in [-0.4, -0.2) is 17.6 Å². The Labute approximate surface area is 126 Å². The summed E-state index contributed by atoms with van der Waals surface area (Å²) >= 11 is 5.59. The molecule has 1 aromatic carbocycles. The van der Waals surface area contributed by atoms with Crippen LogP contribution in [0.3, 0.4) is 0 Å². The molecule has 118 valence electrons. The van der Waals surface area contributed by atoms with Crippen molar-refractivity contribution in [2.45, 2.75) is 45.5 Å². The molecule has 3 nitrogen and oxygen atoms in total. The Hall–Kier alpha value is -1.43. The molecule has 0 saturated carbocycles. The summed E-state index contributed by atoms with van der Waals surface area (Å²) in [6.07, 6.45) is -4.57. The summed E-state index contributed by atoms with van der Waals surface area (Å²) in [6, 6.07) is 2.39. The second-order valence-corrected chi connectivity index (χ2v) is 6.02. The van der Waals surface area contributed by atoms with Gasteiger partial charge in [0, 0.05) is 10.7 Å². The molecule has 1 unspecified atom stereocenters. The van der Waals surface area contributed by atoms with Crippen LogP contribution in [0.5, 0.6) is 0 Å². The number of hydrogen-bond donors (Lipinski definition) is 1. The molecule has 0 spiro atoms. The molecule has 0 fully saturated rings. The number of carbonyl (C=O) groups is 1. The molecule has 0 aliphatic heterocycles. The third-order valence-electron chi connectivity index (χ3n) is 2.42. The van der Waals surface area contributed by atoms with Crippen molar-refractivity contribution in [1.82, 2.24) is 0 Å². The summed E-state index contributed by atoms with van der Waals surface area (Å²) < 4.78 is 43.9. The van der Waals surface area contributed by atoms with Gasteiger partial charge in [-0.05, 0) is 45.9 Å². The summed E-state index contributed by atoms with van der Waals surface area (Å²) in [7, 11) is 0. The van der Waals surface area contributed by atoms with E-state index in [9.17, 15) is 18.0 Å². The number of ether oxygens (including phenoxy) is 1. The second kappa shape index (κ2) is 6.13. The molecule has 7 heteroatoms. The van der Waals surface area contributed by atoms with E-state index in [0.29, 0.717) is 0 Å². The lowest BCUT2D eigenvalue weighted by Gasteiger charge is -2.24. The first-order valence-corrected chi connectivity index (χ1v) is 6.64. The predicted molar refractivity (Wildman–Crippen MR) is 75.4 cm³/mol. The van der Waals surface area contributed by atoms with Crippen LogP contribution in [0.1, 0.15) is 33.3 Å². The van der Waals surface area contributed by atoms with Gasteiger partial charge in [-0.2, -0.15) is 13.2 Å². The maximum absolute atomic E-state index is 12.9. The quantitative estimate of drug-likeness (QED) is 0.832. The number of esters is 1. The molecule has 1 N–H and O–H groups in total. The van der Waals surface area contributed by atoms with E-state index in [-0.39, 0.29) is 10.7 Å². The third kappa shape index (κ3) is 5.46. The molecule has 1 atom stereocenters. The predicted octanol–water partition coefficient (Wildman–Crippen LogP) is 4.50. The van der Waals surface area contributed by atoms with Gasteiger partial charge in [0.2, 0.25) is 0 Å². The fourth-order valence-corrected chi connectivity index (χ4v) is 1.73. The molecule has 21 heavy (non-hydrogen) atoms. The SMILES string of the molecule is CC(Nc1ccc(Cl)cc1C(F)(F)F)C(=O)OC(C)(C)C. The minimum Gasteiger partial charge on any atom is -0.458 e. The van der Waals surface area contributed by atoms with Crippen LogP contribution in [0, 0.1) is 0 Å². The maximum atomic E-state index is 12.9. The van der Waals surface area contributed by atoms with E-state index in [1.165, 1.54) is 19.1 Å². The Morgan fingerprint density at radius 2 is 1.86 bits per heavy atom. The molecule has 0 amide bonds. The van der Waals surface area contributed by atoms with Crippen molar-refractivity contribution in [1.29, 1.82) is 0 Å². The number of carbonyl (C=O) groups excluding carboxylic acids is 1. The molecule has 0 saturated heterocycles. The van der Waals surface area contributed by atoms with Gasteiger partial charge in [0.15, 0.2) is 0 Å². The zero-order chi connectivity index (χ0) is 16.4. The number of benzene rings is 1. The van der Waals surface area contributed by atoms with Crippen LogP contribution in [0.4, 0.5) is 18.9 Å². The first-order valence-electron chi connectivity index (χ1n) is 6.26. The number of rotatable bonds is 3. The van der Waals surface area contributed by atoms with Crippen molar-refractivity contribution in [3.05, 3.63) is 28.8 Å². The number of hydrogen-bond acceptors (Lipinski definition) is 3. The van der Waals surface area contributed by atoms with Gasteiger partial charge in [-0.3, -0.25) is 0 Å². The van der Waals surface area contributed by atoms with E-state index in [2.05, 4.69) is 5.32 Å².